The maximum Gasteiger partial charge on any atom is 0.245 e. The van der Waals surface area contributed by atoms with Crippen LogP contribution in [0.15, 0.2) is 53.4 Å². The number of fused-ring (bicyclic) bond motifs is 1. The molecule has 150 valence electrons. The monoisotopic (exact) mass is 418 g/mol. The Labute approximate surface area is 176 Å². The molecule has 2 aromatic carbocycles. The third kappa shape index (κ3) is 5.22. The molecule has 1 aliphatic heterocycles. The summed E-state index contributed by atoms with van der Waals surface area (Å²) in [5.74, 6) is 1.55. The normalized spacial score (nSPS) is 16.4. The van der Waals surface area contributed by atoms with Gasteiger partial charge < -0.3 is 14.5 Å². The number of anilines is 1. The van der Waals surface area contributed by atoms with Gasteiger partial charge in [-0.3, -0.25) is 4.79 Å². The van der Waals surface area contributed by atoms with Crippen molar-refractivity contribution < 1.29 is 9.53 Å². The molecule has 0 aromatic heterocycles. The summed E-state index contributed by atoms with van der Waals surface area (Å²) < 4.78 is 5.68. The summed E-state index contributed by atoms with van der Waals surface area (Å²) in [6.45, 7) is 2.29. The van der Waals surface area contributed by atoms with Gasteiger partial charge in [0.1, 0.15) is 11.0 Å². The summed E-state index contributed by atoms with van der Waals surface area (Å²) in [7, 11) is 4.11. The Morgan fingerprint density at radius 1 is 1.11 bits per heavy atom. The average Bonchev–Trinajstić information content (AvgIpc) is 2.70. The first-order valence-electron chi connectivity index (χ1n) is 9.60. The lowest BCUT2D eigenvalue weighted by atomic mass is 10.1. The van der Waals surface area contributed by atoms with Crippen LogP contribution in [0.25, 0.3) is 0 Å². The van der Waals surface area contributed by atoms with Crippen molar-refractivity contribution in [3.8, 4) is 5.75 Å². The van der Waals surface area contributed by atoms with Crippen LogP contribution >= 0.6 is 23.4 Å². The average molecular weight is 419 g/mol. The Bertz CT molecular complexity index is 782. The highest BCUT2D eigenvalue weighted by Crippen LogP contribution is 2.46. The number of halogens is 1. The Morgan fingerprint density at radius 3 is 2.57 bits per heavy atom. The topological polar surface area (TPSA) is 32.8 Å². The smallest absolute Gasteiger partial charge is 0.245 e. The molecule has 0 aliphatic carbocycles. The maximum atomic E-state index is 13.3. The van der Waals surface area contributed by atoms with E-state index in [0.29, 0.717) is 12.5 Å². The fourth-order valence-electron chi connectivity index (χ4n) is 3.19. The third-order valence-electron chi connectivity index (χ3n) is 4.61. The number of carbonyl (C=O) groups is 1. The van der Waals surface area contributed by atoms with Crippen molar-refractivity contribution in [1.29, 1.82) is 0 Å². The number of ether oxygens (including phenoxy) is 1. The summed E-state index contributed by atoms with van der Waals surface area (Å²) in [6.07, 6.45) is 1.76. The molecule has 3 rings (SSSR count). The molecular weight excluding hydrogens is 392 g/mol. The number of para-hydroxylation sites is 1. The van der Waals surface area contributed by atoms with Gasteiger partial charge in [-0.2, -0.15) is 0 Å². The van der Waals surface area contributed by atoms with Crippen LogP contribution in [0.1, 0.15) is 23.7 Å². The number of benzene rings is 2. The molecule has 0 N–H and O–H groups in total. The Morgan fingerprint density at radius 2 is 1.86 bits per heavy atom. The summed E-state index contributed by atoms with van der Waals surface area (Å²) in [5, 5.41) is -0.230. The molecule has 0 bridgehead atoms. The standard InChI is InChI=1S/C22H27ClN2O2S/c1-24(2)14-6-15-25-19-7-3-4-8-20(19)28-21(22(25)26)17-9-11-18(12-10-17)27-16-5-13-23/h3-4,7-12,21H,5-6,13-16H2,1-2H3. The number of hydrogen-bond donors (Lipinski definition) is 0. The molecule has 0 saturated heterocycles. The first kappa shape index (κ1) is 21.0. The van der Waals surface area contributed by atoms with Crippen LogP contribution < -0.4 is 9.64 Å². The number of rotatable bonds is 9. The number of amides is 1. The zero-order valence-corrected chi connectivity index (χ0v) is 18.0. The van der Waals surface area contributed by atoms with Crippen LogP contribution in [-0.2, 0) is 4.79 Å². The predicted molar refractivity (Wildman–Crippen MR) is 118 cm³/mol. The molecule has 0 spiro atoms. The number of alkyl halides is 1. The first-order valence-corrected chi connectivity index (χ1v) is 11.0. The predicted octanol–water partition coefficient (Wildman–Crippen LogP) is 4.83. The van der Waals surface area contributed by atoms with Gasteiger partial charge in [0, 0.05) is 17.3 Å². The van der Waals surface area contributed by atoms with E-state index in [-0.39, 0.29) is 11.2 Å². The maximum absolute atomic E-state index is 13.3. The Balaban J connectivity index is 1.77. The number of nitrogens with zero attached hydrogens (tertiary/aromatic N) is 2. The van der Waals surface area contributed by atoms with Crippen molar-refractivity contribution in [3.63, 3.8) is 0 Å². The van der Waals surface area contributed by atoms with Crippen LogP contribution in [0.2, 0.25) is 0 Å². The van der Waals surface area contributed by atoms with Gasteiger partial charge in [0.15, 0.2) is 0 Å². The Hall–Kier alpha value is -1.69. The van der Waals surface area contributed by atoms with Gasteiger partial charge in [-0.1, -0.05) is 24.3 Å². The van der Waals surface area contributed by atoms with Gasteiger partial charge in [-0.05, 0) is 63.3 Å². The second-order valence-corrected chi connectivity index (χ2v) is 8.60. The van der Waals surface area contributed by atoms with E-state index in [1.807, 2.05) is 47.4 Å². The minimum atomic E-state index is -0.230. The molecule has 0 fully saturated rings. The number of carbonyl (C=O) groups excluding carboxylic acids is 1. The molecule has 1 aliphatic rings. The van der Waals surface area contributed by atoms with Gasteiger partial charge in [-0.25, -0.2) is 0 Å². The van der Waals surface area contributed by atoms with Crippen molar-refractivity contribution in [2.24, 2.45) is 0 Å². The zero-order chi connectivity index (χ0) is 19.9. The molecule has 1 heterocycles. The highest BCUT2D eigenvalue weighted by molar-refractivity contribution is 8.00. The molecule has 6 heteroatoms. The van der Waals surface area contributed by atoms with Gasteiger partial charge >= 0.3 is 0 Å². The van der Waals surface area contributed by atoms with E-state index < -0.39 is 0 Å². The lowest BCUT2D eigenvalue weighted by Crippen LogP contribution is -2.38. The van der Waals surface area contributed by atoms with Gasteiger partial charge in [0.25, 0.3) is 0 Å². The fourth-order valence-corrected chi connectivity index (χ4v) is 4.53. The number of hydrogen-bond acceptors (Lipinski definition) is 4. The quantitative estimate of drug-likeness (QED) is 0.431. The lowest BCUT2D eigenvalue weighted by molar-refractivity contribution is -0.118. The van der Waals surface area contributed by atoms with E-state index >= 15 is 0 Å². The highest BCUT2D eigenvalue weighted by Gasteiger charge is 2.34. The molecular formula is C22H27ClN2O2S. The van der Waals surface area contributed by atoms with Gasteiger partial charge in [0.05, 0.1) is 12.3 Å². The fraction of sp³-hybridized carbons (Fsp3) is 0.409. The highest BCUT2D eigenvalue weighted by atomic mass is 35.5. The molecule has 4 nitrogen and oxygen atoms in total. The van der Waals surface area contributed by atoms with E-state index in [9.17, 15) is 4.79 Å². The van der Waals surface area contributed by atoms with Crippen LogP contribution in [0, 0.1) is 0 Å². The van der Waals surface area contributed by atoms with Crippen molar-refractivity contribution in [3.05, 3.63) is 54.1 Å². The second-order valence-electron chi connectivity index (χ2n) is 7.07. The zero-order valence-electron chi connectivity index (χ0n) is 16.4. The minimum absolute atomic E-state index is 0.151. The Kier molecular flexibility index (Phi) is 7.65. The van der Waals surface area contributed by atoms with Crippen LogP contribution in [0.4, 0.5) is 5.69 Å². The van der Waals surface area contributed by atoms with E-state index in [4.69, 9.17) is 16.3 Å². The van der Waals surface area contributed by atoms with Crippen molar-refractivity contribution in [1.82, 2.24) is 4.90 Å². The minimum Gasteiger partial charge on any atom is -0.494 e. The number of thioether (sulfide) groups is 1. The summed E-state index contributed by atoms with van der Waals surface area (Å²) >= 11 is 7.32. The van der Waals surface area contributed by atoms with Gasteiger partial charge in [-0.15, -0.1) is 23.4 Å². The van der Waals surface area contributed by atoms with Crippen LogP contribution in [0.3, 0.4) is 0 Å². The van der Waals surface area contributed by atoms with E-state index in [0.717, 1.165) is 47.8 Å². The molecule has 0 radical (unpaired) electrons. The SMILES string of the molecule is CN(C)CCCN1C(=O)C(c2ccc(OCCCCl)cc2)Sc2ccccc21. The molecule has 0 saturated carbocycles. The lowest BCUT2D eigenvalue weighted by Gasteiger charge is -2.34. The van der Waals surface area contributed by atoms with E-state index in [1.54, 1.807) is 11.8 Å². The van der Waals surface area contributed by atoms with Crippen molar-refractivity contribution in [2.75, 3.05) is 44.6 Å². The van der Waals surface area contributed by atoms with Crippen LogP contribution in [-0.4, -0.2) is 50.5 Å². The summed E-state index contributed by atoms with van der Waals surface area (Å²) in [5.41, 5.74) is 2.03. The van der Waals surface area contributed by atoms with Crippen molar-refractivity contribution in [2.45, 2.75) is 23.0 Å². The molecule has 2 aromatic rings. The van der Waals surface area contributed by atoms with E-state index in [1.165, 1.54) is 0 Å². The summed E-state index contributed by atoms with van der Waals surface area (Å²) in [4.78, 5) is 18.6. The third-order valence-corrected chi connectivity index (χ3v) is 6.18. The van der Waals surface area contributed by atoms with Crippen molar-refractivity contribution >= 4 is 35.0 Å². The molecule has 28 heavy (non-hydrogen) atoms. The first-order chi connectivity index (χ1) is 13.6. The largest absolute Gasteiger partial charge is 0.494 e. The molecule has 1 unspecified atom stereocenters. The molecule has 1 atom stereocenters. The molecule has 1 amide bonds. The summed E-state index contributed by atoms with van der Waals surface area (Å²) in [6, 6.07) is 16.0. The van der Waals surface area contributed by atoms with Crippen LogP contribution in [0.5, 0.6) is 5.75 Å². The van der Waals surface area contributed by atoms with Gasteiger partial charge in [0.2, 0.25) is 5.91 Å². The van der Waals surface area contributed by atoms with E-state index in [2.05, 4.69) is 25.1 Å². The second kappa shape index (κ2) is 10.2.